The second kappa shape index (κ2) is 6.91. The van der Waals surface area contributed by atoms with E-state index in [2.05, 4.69) is 15.9 Å². The Labute approximate surface area is 132 Å². The molecule has 0 fully saturated rings. The van der Waals surface area contributed by atoms with E-state index in [0.717, 1.165) is 12.8 Å². The average molecular weight is 383 g/mol. The molecule has 1 rings (SSSR count). The molecule has 0 spiro atoms. The molecule has 20 heavy (non-hydrogen) atoms. The zero-order valence-corrected chi connectivity index (χ0v) is 14.8. The third kappa shape index (κ3) is 4.20. The van der Waals surface area contributed by atoms with Crippen molar-refractivity contribution in [3.05, 3.63) is 27.7 Å². The van der Waals surface area contributed by atoms with Gasteiger partial charge in [-0.2, -0.15) is 0 Å². The van der Waals surface area contributed by atoms with Crippen LogP contribution in [0.15, 0.2) is 21.5 Å². The lowest BCUT2D eigenvalue weighted by atomic mass is 10.1. The summed E-state index contributed by atoms with van der Waals surface area (Å²) < 4.78 is 23.4. The molecule has 0 N–H and O–H groups in total. The van der Waals surface area contributed by atoms with Crippen LogP contribution in [0.3, 0.4) is 0 Å². The highest BCUT2D eigenvalue weighted by atomic mass is 79.9. The summed E-state index contributed by atoms with van der Waals surface area (Å²) in [5.74, 6) is -0.209. The van der Waals surface area contributed by atoms with Gasteiger partial charge in [0.05, 0.1) is 4.90 Å². The van der Waals surface area contributed by atoms with Gasteiger partial charge in [-0.25, -0.2) is 8.42 Å². The molecular weight excluding hydrogens is 366 g/mol. The van der Waals surface area contributed by atoms with E-state index in [0.29, 0.717) is 22.1 Å². The van der Waals surface area contributed by atoms with Crippen LogP contribution in [0.2, 0.25) is 0 Å². The summed E-state index contributed by atoms with van der Waals surface area (Å²) in [5.41, 5.74) is 1.04. The van der Waals surface area contributed by atoms with Crippen LogP contribution in [0, 0.1) is 6.92 Å². The molecular formula is C13H17BrClNO3S. The summed E-state index contributed by atoms with van der Waals surface area (Å²) in [7, 11) is 3.18. The Bertz CT molecular complexity index is 616. The Hall–Kier alpha value is -0.590. The first-order chi connectivity index (χ1) is 9.18. The Morgan fingerprint density at radius 2 is 2.00 bits per heavy atom. The maximum absolute atomic E-state index is 12.4. The van der Waals surface area contributed by atoms with E-state index < -0.39 is 9.05 Å². The largest absolute Gasteiger partial charge is 0.342 e. The van der Waals surface area contributed by atoms with E-state index >= 15 is 0 Å². The van der Waals surface area contributed by atoms with Gasteiger partial charge in [-0.15, -0.1) is 0 Å². The van der Waals surface area contributed by atoms with Gasteiger partial charge in [-0.05, 0) is 31.0 Å². The Balaban J connectivity index is 3.24. The van der Waals surface area contributed by atoms with E-state index in [1.807, 2.05) is 6.92 Å². The van der Waals surface area contributed by atoms with Crippen LogP contribution in [-0.4, -0.2) is 32.8 Å². The standard InChI is InChI=1S/C13H17BrClNO3S/c1-4-5-6-16(3)13(17)11-7-10(20(15,18)19)8-12(14)9(11)2/h7-8H,4-6H2,1-3H3. The Morgan fingerprint density at radius 1 is 1.40 bits per heavy atom. The lowest BCUT2D eigenvalue weighted by molar-refractivity contribution is 0.0792. The highest BCUT2D eigenvalue weighted by Crippen LogP contribution is 2.27. The minimum atomic E-state index is -3.87. The van der Waals surface area contributed by atoms with Crippen molar-refractivity contribution in [3.63, 3.8) is 0 Å². The van der Waals surface area contributed by atoms with Crippen molar-refractivity contribution >= 4 is 41.6 Å². The number of amides is 1. The Morgan fingerprint density at radius 3 is 2.50 bits per heavy atom. The van der Waals surface area contributed by atoms with Gasteiger partial charge in [-0.3, -0.25) is 4.79 Å². The highest BCUT2D eigenvalue weighted by Gasteiger charge is 2.20. The molecule has 0 aromatic heterocycles. The molecule has 112 valence electrons. The van der Waals surface area contributed by atoms with Gasteiger partial charge in [-0.1, -0.05) is 29.3 Å². The molecule has 0 aliphatic rings. The molecule has 0 radical (unpaired) electrons. The van der Waals surface area contributed by atoms with E-state index in [1.165, 1.54) is 12.1 Å². The quantitative estimate of drug-likeness (QED) is 0.732. The predicted molar refractivity (Wildman–Crippen MR) is 83.8 cm³/mol. The normalized spacial score (nSPS) is 11.4. The molecule has 0 saturated heterocycles. The molecule has 0 heterocycles. The van der Waals surface area contributed by atoms with Crippen LogP contribution in [0.5, 0.6) is 0 Å². The van der Waals surface area contributed by atoms with Crippen LogP contribution in [-0.2, 0) is 9.05 Å². The van der Waals surface area contributed by atoms with Gasteiger partial charge >= 0.3 is 0 Å². The van der Waals surface area contributed by atoms with Crippen molar-refractivity contribution < 1.29 is 13.2 Å². The number of hydrogen-bond acceptors (Lipinski definition) is 3. The predicted octanol–water partition coefficient (Wildman–Crippen LogP) is 3.56. The summed E-state index contributed by atoms with van der Waals surface area (Å²) in [4.78, 5) is 13.9. The van der Waals surface area contributed by atoms with Crippen molar-refractivity contribution in [3.8, 4) is 0 Å². The number of carbonyl (C=O) groups excluding carboxylic acids is 1. The van der Waals surface area contributed by atoms with Crippen LogP contribution >= 0.6 is 26.6 Å². The number of rotatable bonds is 5. The molecule has 0 saturated carbocycles. The number of halogens is 2. The number of benzene rings is 1. The zero-order chi connectivity index (χ0) is 15.5. The van der Waals surface area contributed by atoms with Gasteiger partial charge in [0.1, 0.15) is 0 Å². The maximum atomic E-state index is 12.4. The fourth-order valence-corrected chi connectivity index (χ4v) is 3.12. The third-order valence-corrected chi connectivity index (χ3v) is 5.18. The summed E-state index contributed by atoms with van der Waals surface area (Å²) in [6.45, 7) is 4.43. The van der Waals surface area contributed by atoms with Crippen LogP contribution in [0.25, 0.3) is 0 Å². The van der Waals surface area contributed by atoms with Gasteiger partial charge in [0, 0.05) is 34.3 Å². The summed E-state index contributed by atoms with van der Waals surface area (Å²) in [6.07, 6.45) is 1.88. The molecule has 0 aliphatic carbocycles. The summed E-state index contributed by atoms with van der Waals surface area (Å²) >= 11 is 3.27. The molecule has 0 bridgehead atoms. The van der Waals surface area contributed by atoms with E-state index in [1.54, 1.807) is 18.9 Å². The summed E-state index contributed by atoms with van der Waals surface area (Å²) in [6, 6.07) is 2.73. The third-order valence-electron chi connectivity index (χ3n) is 3.02. The fourth-order valence-electron chi connectivity index (χ4n) is 1.72. The lowest BCUT2D eigenvalue weighted by Crippen LogP contribution is -2.28. The van der Waals surface area contributed by atoms with Crippen molar-refractivity contribution in [2.45, 2.75) is 31.6 Å². The van der Waals surface area contributed by atoms with Gasteiger partial charge < -0.3 is 4.90 Å². The SMILES string of the molecule is CCCCN(C)C(=O)c1cc(S(=O)(=O)Cl)cc(Br)c1C. The minimum Gasteiger partial charge on any atom is -0.342 e. The first-order valence-corrected chi connectivity index (χ1v) is 9.29. The molecule has 0 unspecified atom stereocenters. The first-order valence-electron chi connectivity index (χ1n) is 6.18. The van der Waals surface area contributed by atoms with E-state index in [9.17, 15) is 13.2 Å². The van der Waals surface area contributed by atoms with E-state index in [4.69, 9.17) is 10.7 Å². The molecule has 0 aliphatic heterocycles. The minimum absolute atomic E-state index is 0.0797. The zero-order valence-electron chi connectivity index (χ0n) is 11.6. The Kier molecular flexibility index (Phi) is 6.04. The molecule has 4 nitrogen and oxygen atoms in total. The smallest absolute Gasteiger partial charge is 0.261 e. The van der Waals surface area contributed by atoms with Crippen LogP contribution in [0.4, 0.5) is 0 Å². The number of hydrogen-bond donors (Lipinski definition) is 0. The van der Waals surface area contributed by atoms with Crippen LogP contribution < -0.4 is 0 Å². The van der Waals surface area contributed by atoms with Crippen molar-refractivity contribution in [1.82, 2.24) is 4.90 Å². The second-order valence-electron chi connectivity index (χ2n) is 4.60. The first kappa shape index (κ1) is 17.5. The van der Waals surface area contributed by atoms with Crippen molar-refractivity contribution in [1.29, 1.82) is 0 Å². The van der Waals surface area contributed by atoms with Crippen molar-refractivity contribution in [2.75, 3.05) is 13.6 Å². The fraction of sp³-hybridized carbons (Fsp3) is 0.462. The summed E-state index contributed by atoms with van der Waals surface area (Å²) in [5, 5.41) is 0. The number of carbonyl (C=O) groups is 1. The number of unbranched alkanes of at least 4 members (excludes halogenated alkanes) is 1. The number of nitrogens with zero attached hydrogens (tertiary/aromatic N) is 1. The van der Waals surface area contributed by atoms with Crippen LogP contribution in [0.1, 0.15) is 35.7 Å². The van der Waals surface area contributed by atoms with Crippen molar-refractivity contribution in [2.24, 2.45) is 0 Å². The monoisotopic (exact) mass is 381 g/mol. The lowest BCUT2D eigenvalue weighted by Gasteiger charge is -2.19. The molecule has 1 aromatic carbocycles. The topological polar surface area (TPSA) is 54.5 Å². The second-order valence-corrected chi connectivity index (χ2v) is 8.02. The molecule has 1 amide bonds. The molecule has 1 aromatic rings. The van der Waals surface area contributed by atoms with Gasteiger partial charge in [0.15, 0.2) is 0 Å². The maximum Gasteiger partial charge on any atom is 0.261 e. The highest BCUT2D eigenvalue weighted by molar-refractivity contribution is 9.10. The average Bonchev–Trinajstić information content (AvgIpc) is 2.36. The van der Waals surface area contributed by atoms with E-state index in [-0.39, 0.29) is 10.8 Å². The van der Waals surface area contributed by atoms with Gasteiger partial charge in [0.2, 0.25) is 0 Å². The van der Waals surface area contributed by atoms with Gasteiger partial charge in [0.25, 0.3) is 15.0 Å². The molecule has 7 heteroatoms. The molecule has 0 atom stereocenters.